The Bertz CT molecular complexity index is 699. The van der Waals surface area contributed by atoms with Gasteiger partial charge in [0.2, 0.25) is 0 Å². The molecule has 0 aromatic carbocycles. The van der Waals surface area contributed by atoms with Gasteiger partial charge in [-0.3, -0.25) is 10.1 Å². The molecule has 0 unspecified atom stereocenters. The van der Waals surface area contributed by atoms with E-state index in [0.29, 0.717) is 31.1 Å². The van der Waals surface area contributed by atoms with E-state index in [2.05, 4.69) is 15.3 Å². The summed E-state index contributed by atoms with van der Waals surface area (Å²) in [5.74, 6) is 0.145. The highest BCUT2D eigenvalue weighted by Crippen LogP contribution is 2.19. The monoisotopic (exact) mass is 336 g/mol. The van der Waals surface area contributed by atoms with Crippen LogP contribution in [-0.4, -0.2) is 34.0 Å². The van der Waals surface area contributed by atoms with Gasteiger partial charge in [-0.1, -0.05) is 0 Å². The molecule has 0 amide bonds. The Kier molecular flexibility index (Phi) is 5.58. The second-order valence-electron chi connectivity index (χ2n) is 4.57. The third kappa shape index (κ3) is 4.46. The van der Waals surface area contributed by atoms with Gasteiger partial charge >= 0.3 is 5.97 Å². The SMILES string of the molecule is CCOC(=O)c1nc(CCNc2ccc([N+](=O)[O-])cn2)sc1C. The van der Waals surface area contributed by atoms with Crippen LogP contribution in [0.2, 0.25) is 0 Å². The van der Waals surface area contributed by atoms with Gasteiger partial charge in [-0.05, 0) is 19.9 Å². The number of hydrogen-bond donors (Lipinski definition) is 1. The first-order valence-corrected chi connectivity index (χ1v) is 7.80. The van der Waals surface area contributed by atoms with E-state index in [1.54, 1.807) is 13.0 Å². The van der Waals surface area contributed by atoms with Crippen molar-refractivity contribution in [2.75, 3.05) is 18.5 Å². The van der Waals surface area contributed by atoms with Crippen LogP contribution in [0.3, 0.4) is 0 Å². The molecule has 8 nitrogen and oxygen atoms in total. The number of anilines is 1. The molecule has 0 aliphatic carbocycles. The molecule has 2 aromatic heterocycles. The molecule has 9 heteroatoms. The molecule has 0 saturated carbocycles. The lowest BCUT2D eigenvalue weighted by molar-refractivity contribution is -0.385. The van der Waals surface area contributed by atoms with Crippen molar-refractivity contribution in [3.63, 3.8) is 0 Å². The number of aromatic nitrogens is 2. The number of ether oxygens (including phenoxy) is 1. The van der Waals surface area contributed by atoms with E-state index >= 15 is 0 Å². The Morgan fingerprint density at radius 3 is 2.87 bits per heavy atom. The van der Waals surface area contributed by atoms with Crippen LogP contribution in [0.5, 0.6) is 0 Å². The molecule has 0 aliphatic rings. The van der Waals surface area contributed by atoms with E-state index in [-0.39, 0.29) is 5.69 Å². The molecule has 1 N–H and O–H groups in total. The van der Waals surface area contributed by atoms with Gasteiger partial charge in [-0.25, -0.2) is 14.8 Å². The fraction of sp³-hybridized carbons (Fsp3) is 0.357. The highest BCUT2D eigenvalue weighted by atomic mass is 32.1. The van der Waals surface area contributed by atoms with Crippen LogP contribution in [0.1, 0.15) is 27.3 Å². The van der Waals surface area contributed by atoms with Crippen molar-refractivity contribution in [2.24, 2.45) is 0 Å². The standard InChI is InChI=1S/C14H16N4O4S/c1-3-22-14(19)13-9(2)23-12(17-13)6-7-15-11-5-4-10(8-16-11)18(20)21/h4-5,8H,3,6-7H2,1-2H3,(H,15,16). The summed E-state index contributed by atoms with van der Waals surface area (Å²) in [6, 6.07) is 2.94. The average Bonchev–Trinajstić information content (AvgIpc) is 2.89. The quantitative estimate of drug-likeness (QED) is 0.470. The summed E-state index contributed by atoms with van der Waals surface area (Å²) in [6.07, 6.45) is 1.82. The van der Waals surface area contributed by atoms with Crippen molar-refractivity contribution in [3.8, 4) is 0 Å². The van der Waals surface area contributed by atoms with Gasteiger partial charge < -0.3 is 10.1 Å². The zero-order valence-corrected chi connectivity index (χ0v) is 13.6. The number of nitrogens with zero attached hydrogens (tertiary/aromatic N) is 3. The minimum Gasteiger partial charge on any atom is -0.461 e. The second kappa shape index (κ2) is 7.63. The molecule has 23 heavy (non-hydrogen) atoms. The van der Waals surface area contributed by atoms with Crippen molar-refractivity contribution in [2.45, 2.75) is 20.3 Å². The maximum atomic E-state index is 11.7. The first-order valence-electron chi connectivity index (χ1n) is 6.99. The van der Waals surface area contributed by atoms with Gasteiger partial charge in [0.15, 0.2) is 5.69 Å². The zero-order valence-electron chi connectivity index (χ0n) is 12.7. The van der Waals surface area contributed by atoms with Crippen molar-refractivity contribution < 1.29 is 14.5 Å². The molecule has 2 heterocycles. The smallest absolute Gasteiger partial charge is 0.358 e. The summed E-state index contributed by atoms with van der Waals surface area (Å²) in [7, 11) is 0. The predicted octanol–water partition coefficient (Wildman–Crippen LogP) is 2.59. The molecule has 0 bridgehead atoms. The first-order chi connectivity index (χ1) is 11.0. The number of nitro groups is 1. The van der Waals surface area contributed by atoms with Gasteiger partial charge in [-0.15, -0.1) is 11.3 Å². The molecular formula is C14H16N4O4S. The van der Waals surface area contributed by atoms with Crippen molar-refractivity contribution in [1.82, 2.24) is 9.97 Å². The van der Waals surface area contributed by atoms with Gasteiger partial charge in [0.25, 0.3) is 5.69 Å². The van der Waals surface area contributed by atoms with Crippen LogP contribution in [0.25, 0.3) is 0 Å². The normalized spacial score (nSPS) is 10.3. The maximum Gasteiger partial charge on any atom is 0.358 e. The molecule has 122 valence electrons. The van der Waals surface area contributed by atoms with Crippen LogP contribution >= 0.6 is 11.3 Å². The van der Waals surface area contributed by atoms with Crippen LogP contribution in [-0.2, 0) is 11.2 Å². The Balaban J connectivity index is 1.90. The molecule has 0 saturated heterocycles. The summed E-state index contributed by atoms with van der Waals surface area (Å²) in [5, 5.41) is 14.4. The third-order valence-corrected chi connectivity index (χ3v) is 3.94. The number of nitrogens with one attached hydrogen (secondary N) is 1. The largest absolute Gasteiger partial charge is 0.461 e. The number of carbonyl (C=O) groups is 1. The van der Waals surface area contributed by atoms with Crippen molar-refractivity contribution >= 4 is 28.8 Å². The van der Waals surface area contributed by atoms with E-state index in [1.165, 1.54) is 23.6 Å². The molecule has 0 fully saturated rings. The Labute approximate surface area is 136 Å². The summed E-state index contributed by atoms with van der Waals surface area (Å²) >= 11 is 1.45. The predicted molar refractivity (Wildman–Crippen MR) is 85.9 cm³/mol. The van der Waals surface area contributed by atoms with Crippen LogP contribution in [0.15, 0.2) is 18.3 Å². The summed E-state index contributed by atoms with van der Waals surface area (Å²) in [5.41, 5.74) is 0.311. The van der Waals surface area contributed by atoms with Crippen LogP contribution in [0.4, 0.5) is 11.5 Å². The molecule has 2 rings (SSSR count). The maximum absolute atomic E-state index is 11.7. The molecule has 0 atom stereocenters. The lowest BCUT2D eigenvalue weighted by Crippen LogP contribution is -2.08. The molecule has 0 aliphatic heterocycles. The first kappa shape index (κ1) is 16.8. The number of carbonyl (C=O) groups excluding carboxylic acids is 1. The van der Waals surface area contributed by atoms with Crippen molar-refractivity contribution in [1.29, 1.82) is 0 Å². The lowest BCUT2D eigenvalue weighted by atomic mass is 10.3. The van der Waals surface area contributed by atoms with Crippen LogP contribution < -0.4 is 5.32 Å². The average molecular weight is 336 g/mol. The summed E-state index contributed by atoms with van der Waals surface area (Å²) in [6.45, 7) is 4.46. The highest BCUT2D eigenvalue weighted by molar-refractivity contribution is 7.11. The fourth-order valence-corrected chi connectivity index (χ4v) is 2.76. The second-order valence-corrected chi connectivity index (χ2v) is 5.86. The number of hydrogen-bond acceptors (Lipinski definition) is 8. The third-order valence-electron chi connectivity index (χ3n) is 2.91. The van der Waals surface area contributed by atoms with Gasteiger partial charge in [0.05, 0.1) is 16.5 Å². The topological polar surface area (TPSA) is 107 Å². The van der Waals surface area contributed by atoms with Crippen molar-refractivity contribution in [3.05, 3.63) is 44.0 Å². The number of aryl methyl sites for hydroxylation is 1. The molecule has 0 radical (unpaired) electrons. The van der Waals surface area contributed by atoms with Gasteiger partial charge in [-0.2, -0.15) is 0 Å². The molecular weight excluding hydrogens is 320 g/mol. The zero-order chi connectivity index (χ0) is 16.8. The number of thiazole rings is 1. The number of esters is 1. The highest BCUT2D eigenvalue weighted by Gasteiger charge is 2.16. The fourth-order valence-electron chi connectivity index (χ4n) is 1.84. The van der Waals surface area contributed by atoms with Gasteiger partial charge in [0, 0.05) is 23.9 Å². The summed E-state index contributed by atoms with van der Waals surface area (Å²) < 4.78 is 4.95. The molecule has 2 aromatic rings. The minimum atomic E-state index is -0.494. The van der Waals surface area contributed by atoms with E-state index < -0.39 is 10.9 Å². The van der Waals surface area contributed by atoms with E-state index in [0.717, 1.165) is 9.88 Å². The van der Waals surface area contributed by atoms with E-state index in [9.17, 15) is 14.9 Å². The summed E-state index contributed by atoms with van der Waals surface area (Å²) in [4.78, 5) is 30.8. The number of pyridine rings is 1. The lowest BCUT2D eigenvalue weighted by Gasteiger charge is -2.03. The molecule has 0 spiro atoms. The van der Waals surface area contributed by atoms with Crippen LogP contribution in [0, 0.1) is 17.0 Å². The Hall–Kier alpha value is -2.55. The Morgan fingerprint density at radius 1 is 1.48 bits per heavy atom. The number of rotatable bonds is 7. The van der Waals surface area contributed by atoms with E-state index in [4.69, 9.17) is 4.74 Å². The minimum absolute atomic E-state index is 0.0508. The van der Waals surface area contributed by atoms with E-state index in [1.807, 2.05) is 6.92 Å². The Morgan fingerprint density at radius 2 is 2.26 bits per heavy atom. The van der Waals surface area contributed by atoms with Gasteiger partial charge in [0.1, 0.15) is 12.0 Å².